The molecule has 1 atom stereocenters. The van der Waals surface area contributed by atoms with E-state index in [2.05, 4.69) is 15.1 Å². The molecule has 0 aromatic carbocycles. The molecule has 7 heteroatoms. The molecule has 0 saturated carbocycles. The van der Waals surface area contributed by atoms with Gasteiger partial charge in [0.1, 0.15) is 11.9 Å². The smallest absolute Gasteiger partial charge is 0.223 e. The van der Waals surface area contributed by atoms with Gasteiger partial charge in [-0.1, -0.05) is 0 Å². The number of aromatic nitrogens is 4. The highest BCUT2D eigenvalue weighted by molar-refractivity contribution is 5.77. The minimum absolute atomic E-state index is 0.125. The molecule has 1 saturated heterocycles. The van der Waals surface area contributed by atoms with Crippen LogP contribution in [0.5, 0.6) is 0 Å². The first kappa shape index (κ1) is 15.7. The van der Waals surface area contributed by atoms with Crippen molar-refractivity contribution in [3.8, 4) is 0 Å². The first-order valence-electron chi connectivity index (χ1n) is 7.92. The zero-order valence-electron chi connectivity index (χ0n) is 13.9. The summed E-state index contributed by atoms with van der Waals surface area (Å²) in [4.78, 5) is 22.1. The van der Waals surface area contributed by atoms with Crippen molar-refractivity contribution < 1.29 is 9.53 Å². The van der Waals surface area contributed by atoms with Gasteiger partial charge in [0.2, 0.25) is 5.91 Å². The van der Waals surface area contributed by atoms with E-state index in [0.29, 0.717) is 32.6 Å². The molecule has 1 fully saturated rings. The second-order valence-corrected chi connectivity index (χ2v) is 6.01. The predicted octanol–water partition coefficient (Wildman–Crippen LogP) is 1.29. The lowest BCUT2D eigenvalue weighted by molar-refractivity contribution is -0.140. The molecule has 3 heterocycles. The van der Waals surface area contributed by atoms with E-state index in [0.717, 1.165) is 22.8 Å². The number of carbonyl (C=O) groups is 1. The average molecular weight is 317 g/mol. The van der Waals surface area contributed by atoms with E-state index >= 15 is 0 Å². The number of amides is 1. The van der Waals surface area contributed by atoms with Crippen LogP contribution in [-0.2, 0) is 23.0 Å². The Bertz CT molecular complexity index is 690. The average Bonchev–Trinajstić information content (AvgIpc) is 3.12. The van der Waals surface area contributed by atoms with E-state index in [4.69, 9.17) is 4.74 Å². The van der Waals surface area contributed by atoms with Gasteiger partial charge in [0.25, 0.3) is 0 Å². The molecule has 0 radical (unpaired) electrons. The number of H-pyrrole nitrogens is 1. The quantitative estimate of drug-likeness (QED) is 0.922. The van der Waals surface area contributed by atoms with Gasteiger partial charge >= 0.3 is 0 Å². The third-order valence-corrected chi connectivity index (χ3v) is 4.43. The van der Waals surface area contributed by atoms with Gasteiger partial charge in [0.15, 0.2) is 0 Å². The van der Waals surface area contributed by atoms with E-state index in [1.165, 1.54) is 0 Å². The van der Waals surface area contributed by atoms with Crippen molar-refractivity contribution in [3.63, 3.8) is 0 Å². The molecule has 1 N–H and O–H groups in total. The van der Waals surface area contributed by atoms with Crippen LogP contribution in [0, 0.1) is 13.8 Å². The fraction of sp³-hybridized carbons (Fsp3) is 0.562. The van der Waals surface area contributed by atoms with E-state index in [9.17, 15) is 4.79 Å². The van der Waals surface area contributed by atoms with Crippen LogP contribution in [0.1, 0.15) is 35.2 Å². The van der Waals surface area contributed by atoms with Crippen molar-refractivity contribution in [2.24, 2.45) is 7.05 Å². The van der Waals surface area contributed by atoms with Gasteiger partial charge in [-0.15, -0.1) is 0 Å². The summed E-state index contributed by atoms with van der Waals surface area (Å²) >= 11 is 0. The lowest BCUT2D eigenvalue weighted by Gasteiger charge is -2.34. The Balaban J connectivity index is 1.68. The maximum absolute atomic E-state index is 12.7. The van der Waals surface area contributed by atoms with Gasteiger partial charge in [0, 0.05) is 37.6 Å². The minimum Gasteiger partial charge on any atom is -0.377 e. The summed E-state index contributed by atoms with van der Waals surface area (Å²) in [7, 11) is 1.91. The fourth-order valence-electron chi connectivity index (χ4n) is 2.91. The molecular formula is C16H23N5O2. The number of carbonyl (C=O) groups excluding carboxylic acids is 1. The Morgan fingerprint density at radius 3 is 2.91 bits per heavy atom. The summed E-state index contributed by atoms with van der Waals surface area (Å²) in [6.07, 6.45) is 4.81. The number of hydrogen-bond acceptors (Lipinski definition) is 4. The zero-order valence-corrected chi connectivity index (χ0v) is 13.9. The second kappa shape index (κ2) is 6.54. The second-order valence-electron chi connectivity index (χ2n) is 6.01. The maximum atomic E-state index is 12.7. The molecule has 0 aliphatic carbocycles. The zero-order chi connectivity index (χ0) is 16.4. The van der Waals surface area contributed by atoms with Gasteiger partial charge in [-0.3, -0.25) is 9.48 Å². The SMILES string of the molecule is Cc1cnc(C2COCCN2C(=O)CCc2cnn(C)c2C)[nH]1. The number of nitrogens with one attached hydrogen (secondary N) is 1. The van der Waals surface area contributed by atoms with E-state index in [-0.39, 0.29) is 11.9 Å². The summed E-state index contributed by atoms with van der Waals surface area (Å²) in [6.45, 7) is 5.65. The number of hydrogen-bond donors (Lipinski definition) is 1. The van der Waals surface area contributed by atoms with Gasteiger partial charge in [-0.25, -0.2) is 4.98 Å². The number of aromatic amines is 1. The van der Waals surface area contributed by atoms with E-state index < -0.39 is 0 Å². The molecule has 1 aliphatic rings. The monoisotopic (exact) mass is 317 g/mol. The molecule has 7 nitrogen and oxygen atoms in total. The van der Waals surface area contributed by atoms with Crippen molar-refractivity contribution in [1.82, 2.24) is 24.6 Å². The standard InChI is InChI=1S/C16H23N5O2/c1-11-8-17-16(19-11)14-10-23-7-6-21(14)15(22)5-4-13-9-18-20(3)12(13)2/h8-9,14H,4-7,10H2,1-3H3,(H,17,19). The van der Waals surface area contributed by atoms with Crippen molar-refractivity contribution in [3.05, 3.63) is 35.2 Å². The molecule has 3 rings (SSSR count). The van der Waals surface area contributed by atoms with Gasteiger partial charge in [0.05, 0.1) is 19.4 Å². The van der Waals surface area contributed by atoms with Crippen molar-refractivity contribution in [1.29, 1.82) is 0 Å². The fourth-order valence-corrected chi connectivity index (χ4v) is 2.91. The number of ether oxygens (including phenoxy) is 1. The third-order valence-electron chi connectivity index (χ3n) is 4.43. The van der Waals surface area contributed by atoms with Crippen LogP contribution in [0.15, 0.2) is 12.4 Å². The van der Waals surface area contributed by atoms with Crippen LogP contribution in [-0.4, -0.2) is 50.3 Å². The normalized spacial score (nSPS) is 18.4. The van der Waals surface area contributed by atoms with Gasteiger partial charge in [-0.05, 0) is 25.8 Å². The van der Waals surface area contributed by atoms with Crippen LogP contribution >= 0.6 is 0 Å². The summed E-state index contributed by atoms with van der Waals surface area (Å²) in [6, 6.07) is -0.125. The number of morpholine rings is 1. The highest BCUT2D eigenvalue weighted by Gasteiger charge is 2.30. The first-order chi connectivity index (χ1) is 11.1. The third kappa shape index (κ3) is 3.29. The van der Waals surface area contributed by atoms with E-state index in [1.807, 2.05) is 36.7 Å². The van der Waals surface area contributed by atoms with Crippen LogP contribution < -0.4 is 0 Å². The lowest BCUT2D eigenvalue weighted by atomic mass is 10.1. The largest absolute Gasteiger partial charge is 0.377 e. The van der Waals surface area contributed by atoms with Crippen molar-refractivity contribution in [2.75, 3.05) is 19.8 Å². The Labute approximate surface area is 135 Å². The highest BCUT2D eigenvalue weighted by Crippen LogP contribution is 2.23. The first-order valence-corrected chi connectivity index (χ1v) is 7.92. The van der Waals surface area contributed by atoms with Crippen LogP contribution in [0.2, 0.25) is 0 Å². The molecule has 124 valence electrons. The molecule has 23 heavy (non-hydrogen) atoms. The molecule has 1 unspecified atom stereocenters. The number of rotatable bonds is 4. The Morgan fingerprint density at radius 1 is 1.43 bits per heavy atom. The number of imidazole rings is 1. The van der Waals surface area contributed by atoms with E-state index in [1.54, 1.807) is 6.20 Å². The van der Waals surface area contributed by atoms with Gasteiger partial charge in [-0.2, -0.15) is 5.10 Å². The summed E-state index contributed by atoms with van der Waals surface area (Å²) < 4.78 is 7.38. The molecule has 1 amide bonds. The van der Waals surface area contributed by atoms with Crippen LogP contribution in [0.3, 0.4) is 0 Å². The molecular weight excluding hydrogens is 294 g/mol. The molecule has 0 bridgehead atoms. The van der Waals surface area contributed by atoms with Crippen LogP contribution in [0.25, 0.3) is 0 Å². The minimum atomic E-state index is -0.125. The molecule has 2 aromatic rings. The Morgan fingerprint density at radius 2 is 2.26 bits per heavy atom. The predicted molar refractivity (Wildman–Crippen MR) is 84.9 cm³/mol. The number of aryl methyl sites for hydroxylation is 3. The van der Waals surface area contributed by atoms with Gasteiger partial charge < -0.3 is 14.6 Å². The summed E-state index contributed by atoms with van der Waals surface area (Å²) in [5, 5.41) is 4.23. The summed E-state index contributed by atoms with van der Waals surface area (Å²) in [5.41, 5.74) is 3.22. The van der Waals surface area contributed by atoms with Crippen molar-refractivity contribution in [2.45, 2.75) is 32.7 Å². The maximum Gasteiger partial charge on any atom is 0.223 e. The Kier molecular flexibility index (Phi) is 4.47. The van der Waals surface area contributed by atoms with Crippen molar-refractivity contribution >= 4 is 5.91 Å². The molecule has 2 aromatic heterocycles. The molecule has 0 spiro atoms. The highest BCUT2D eigenvalue weighted by atomic mass is 16.5. The topological polar surface area (TPSA) is 76.0 Å². The summed E-state index contributed by atoms with van der Waals surface area (Å²) in [5.74, 6) is 0.934. The van der Waals surface area contributed by atoms with Crippen LogP contribution in [0.4, 0.5) is 0 Å². The Hall–Kier alpha value is -2.15. The lowest BCUT2D eigenvalue weighted by Crippen LogP contribution is -2.44. The molecule has 1 aliphatic heterocycles. The number of nitrogens with zero attached hydrogens (tertiary/aromatic N) is 4.